The Kier molecular flexibility index (Phi) is 7.26. The highest BCUT2D eigenvalue weighted by Gasteiger charge is 2.51. The summed E-state index contributed by atoms with van der Waals surface area (Å²) < 4.78 is 67.8. The third kappa shape index (κ3) is 5.38. The Labute approximate surface area is 214 Å². The van der Waals surface area contributed by atoms with E-state index >= 15 is 0 Å². The highest BCUT2D eigenvalue weighted by atomic mass is 32.2. The SMILES string of the molecule is O=S(=O)(N1Cc2c(-c3ccncc3)cccc2N(Cc2cnc[nH]2)C(CCC2CCCC2)C1)C(F)(F)F. The van der Waals surface area contributed by atoms with Crippen LogP contribution in [0.15, 0.2) is 55.2 Å². The molecule has 1 N–H and O–H groups in total. The molecule has 1 unspecified atom stereocenters. The van der Waals surface area contributed by atoms with Crippen molar-refractivity contribution in [3.8, 4) is 11.1 Å². The summed E-state index contributed by atoms with van der Waals surface area (Å²) in [4.78, 5) is 13.3. The summed E-state index contributed by atoms with van der Waals surface area (Å²) in [6, 6.07) is 8.69. The molecule has 2 aromatic heterocycles. The molecule has 2 aliphatic rings. The van der Waals surface area contributed by atoms with Gasteiger partial charge in [-0.3, -0.25) is 4.98 Å². The van der Waals surface area contributed by atoms with Crippen molar-refractivity contribution in [2.24, 2.45) is 5.92 Å². The zero-order chi connectivity index (χ0) is 26.0. The molecule has 1 saturated carbocycles. The van der Waals surface area contributed by atoms with Gasteiger partial charge < -0.3 is 9.88 Å². The fourth-order valence-electron chi connectivity index (χ4n) is 5.66. The molecule has 3 heterocycles. The van der Waals surface area contributed by atoms with Crippen LogP contribution in [0.4, 0.5) is 18.9 Å². The van der Waals surface area contributed by atoms with E-state index in [9.17, 15) is 21.6 Å². The fraction of sp³-hybridized carbons (Fsp3) is 0.462. The van der Waals surface area contributed by atoms with Crippen LogP contribution in [0.25, 0.3) is 11.1 Å². The number of fused-ring (bicyclic) bond motifs is 1. The number of H-pyrrole nitrogens is 1. The maximum atomic E-state index is 13.8. The lowest BCUT2D eigenvalue weighted by Crippen LogP contribution is -2.47. The molecule has 198 valence electrons. The number of pyridine rings is 1. The first-order chi connectivity index (χ1) is 17.7. The molecule has 1 fully saturated rings. The molecule has 1 aliphatic carbocycles. The lowest BCUT2D eigenvalue weighted by atomic mass is 9.96. The number of nitrogens with one attached hydrogen (secondary N) is 1. The molecule has 0 spiro atoms. The van der Waals surface area contributed by atoms with Gasteiger partial charge in [0.2, 0.25) is 0 Å². The molecule has 0 amide bonds. The second kappa shape index (κ2) is 10.4. The second-order valence-corrected chi connectivity index (χ2v) is 11.8. The monoisotopic (exact) mass is 533 g/mol. The van der Waals surface area contributed by atoms with Crippen molar-refractivity contribution in [3.05, 3.63) is 66.5 Å². The summed E-state index contributed by atoms with van der Waals surface area (Å²) in [6.45, 7) is -0.232. The van der Waals surface area contributed by atoms with E-state index in [2.05, 4.69) is 19.9 Å². The molecular formula is C26H30F3N5O2S. The third-order valence-electron chi connectivity index (χ3n) is 7.55. The van der Waals surface area contributed by atoms with Gasteiger partial charge in [0.05, 0.1) is 18.6 Å². The molecule has 1 atom stereocenters. The molecule has 37 heavy (non-hydrogen) atoms. The minimum absolute atomic E-state index is 0.243. The van der Waals surface area contributed by atoms with Crippen LogP contribution < -0.4 is 4.90 Å². The summed E-state index contributed by atoms with van der Waals surface area (Å²) >= 11 is 0. The standard InChI is InChI=1S/C26H30F3N5O2S/c27-26(28,29)37(35,36)33-16-22(9-8-19-4-1-2-5-19)34(15-21-14-31-18-32-21)25-7-3-6-23(24(25)17-33)20-10-12-30-13-11-20/h3,6-7,10-14,18-19,22H,1-2,4-5,8-9,15-17H2,(H,31,32). The fourth-order valence-corrected chi connectivity index (χ4v) is 6.62. The normalized spacial score (nSPS) is 19.6. The maximum Gasteiger partial charge on any atom is 0.511 e. The number of nitrogens with zero attached hydrogens (tertiary/aromatic N) is 4. The molecule has 1 aliphatic heterocycles. The van der Waals surface area contributed by atoms with Crippen molar-refractivity contribution < 1.29 is 21.6 Å². The Morgan fingerprint density at radius 3 is 2.46 bits per heavy atom. The van der Waals surface area contributed by atoms with E-state index in [4.69, 9.17) is 0 Å². The van der Waals surface area contributed by atoms with Crippen LogP contribution >= 0.6 is 0 Å². The van der Waals surface area contributed by atoms with Gasteiger partial charge in [0.15, 0.2) is 0 Å². The Morgan fingerprint density at radius 2 is 1.78 bits per heavy atom. The summed E-state index contributed by atoms with van der Waals surface area (Å²) in [5, 5.41) is 0. The van der Waals surface area contributed by atoms with Gasteiger partial charge in [-0.15, -0.1) is 0 Å². The number of aromatic amines is 1. The molecule has 7 nitrogen and oxygen atoms in total. The first-order valence-electron chi connectivity index (χ1n) is 12.6. The third-order valence-corrected chi connectivity index (χ3v) is 9.10. The van der Waals surface area contributed by atoms with Gasteiger partial charge in [-0.1, -0.05) is 37.8 Å². The predicted octanol–water partition coefficient (Wildman–Crippen LogP) is 5.48. The van der Waals surface area contributed by atoms with Crippen LogP contribution in [0.1, 0.15) is 49.8 Å². The molecule has 5 rings (SSSR count). The molecule has 0 radical (unpaired) electrons. The minimum Gasteiger partial charge on any atom is -0.361 e. The minimum atomic E-state index is -5.55. The summed E-state index contributed by atoms with van der Waals surface area (Å²) in [7, 11) is -5.55. The topological polar surface area (TPSA) is 82.2 Å². The van der Waals surface area contributed by atoms with E-state index in [1.165, 1.54) is 12.8 Å². The van der Waals surface area contributed by atoms with Gasteiger partial charge in [-0.2, -0.15) is 17.5 Å². The number of benzene rings is 1. The van der Waals surface area contributed by atoms with E-state index in [0.717, 1.165) is 36.2 Å². The second-order valence-electron chi connectivity index (χ2n) is 9.87. The van der Waals surface area contributed by atoms with Crippen LogP contribution in [0.5, 0.6) is 0 Å². The number of sulfonamides is 1. The maximum absolute atomic E-state index is 13.8. The zero-order valence-corrected chi connectivity index (χ0v) is 21.2. The van der Waals surface area contributed by atoms with Crippen molar-refractivity contribution in [2.45, 2.75) is 63.2 Å². The number of hydrogen-bond donors (Lipinski definition) is 1. The molecule has 11 heteroatoms. The lowest BCUT2D eigenvalue weighted by molar-refractivity contribution is -0.0492. The molecular weight excluding hydrogens is 503 g/mol. The van der Waals surface area contributed by atoms with Gasteiger partial charge >= 0.3 is 15.5 Å². The van der Waals surface area contributed by atoms with Crippen molar-refractivity contribution >= 4 is 15.7 Å². The van der Waals surface area contributed by atoms with Gasteiger partial charge in [0.1, 0.15) is 0 Å². The zero-order valence-electron chi connectivity index (χ0n) is 20.4. The van der Waals surface area contributed by atoms with Crippen molar-refractivity contribution in [1.82, 2.24) is 19.3 Å². The highest BCUT2D eigenvalue weighted by molar-refractivity contribution is 7.89. The lowest BCUT2D eigenvalue weighted by Gasteiger charge is -2.34. The van der Waals surface area contributed by atoms with Crippen LogP contribution in [-0.2, 0) is 23.1 Å². The van der Waals surface area contributed by atoms with E-state index < -0.39 is 21.6 Å². The van der Waals surface area contributed by atoms with Crippen molar-refractivity contribution in [2.75, 3.05) is 11.4 Å². The van der Waals surface area contributed by atoms with Crippen molar-refractivity contribution in [3.63, 3.8) is 0 Å². The van der Waals surface area contributed by atoms with Gasteiger partial charge in [0, 0.05) is 43.4 Å². The Bertz CT molecular complexity index is 1290. The highest BCUT2D eigenvalue weighted by Crippen LogP contribution is 2.40. The quantitative estimate of drug-likeness (QED) is 0.435. The summed E-state index contributed by atoms with van der Waals surface area (Å²) in [5.74, 6) is 0.521. The Balaban J connectivity index is 1.63. The van der Waals surface area contributed by atoms with E-state index in [0.29, 0.717) is 34.3 Å². The van der Waals surface area contributed by atoms with Crippen LogP contribution in [0.2, 0.25) is 0 Å². The van der Waals surface area contributed by atoms with Crippen LogP contribution in [0, 0.1) is 5.92 Å². The first kappa shape index (κ1) is 25.7. The average Bonchev–Trinajstić information content (AvgIpc) is 3.56. The summed E-state index contributed by atoms with van der Waals surface area (Å²) in [6.07, 6.45) is 12.5. The first-order valence-corrected chi connectivity index (χ1v) is 14.0. The van der Waals surface area contributed by atoms with Crippen LogP contribution in [-0.4, -0.2) is 45.8 Å². The Hall–Kier alpha value is -2.92. The molecule has 1 aromatic carbocycles. The van der Waals surface area contributed by atoms with E-state index in [1.54, 1.807) is 37.1 Å². The molecule has 3 aromatic rings. The molecule has 0 bridgehead atoms. The molecule has 0 saturated heterocycles. The number of alkyl halides is 3. The van der Waals surface area contributed by atoms with Gasteiger partial charge in [0.25, 0.3) is 0 Å². The number of rotatable bonds is 7. The predicted molar refractivity (Wildman–Crippen MR) is 135 cm³/mol. The summed E-state index contributed by atoms with van der Waals surface area (Å²) in [5.41, 5.74) is -1.84. The van der Waals surface area contributed by atoms with Crippen molar-refractivity contribution in [1.29, 1.82) is 0 Å². The van der Waals surface area contributed by atoms with Gasteiger partial charge in [-0.05, 0) is 53.6 Å². The smallest absolute Gasteiger partial charge is 0.361 e. The van der Waals surface area contributed by atoms with E-state index in [-0.39, 0.29) is 13.1 Å². The number of imidazole rings is 1. The number of halogens is 3. The number of anilines is 1. The number of aromatic nitrogens is 3. The number of hydrogen-bond acceptors (Lipinski definition) is 5. The van der Waals surface area contributed by atoms with Crippen LogP contribution in [0.3, 0.4) is 0 Å². The average molecular weight is 534 g/mol. The largest absolute Gasteiger partial charge is 0.511 e. The van der Waals surface area contributed by atoms with Gasteiger partial charge in [-0.25, -0.2) is 13.4 Å². The van der Waals surface area contributed by atoms with E-state index in [1.807, 2.05) is 18.2 Å². The Morgan fingerprint density at radius 1 is 1.03 bits per heavy atom.